The van der Waals surface area contributed by atoms with Crippen molar-refractivity contribution in [3.63, 3.8) is 0 Å². The zero-order chi connectivity index (χ0) is 54.1. The topological polar surface area (TPSA) is 37.2 Å². The van der Waals surface area contributed by atoms with Gasteiger partial charge < -0.3 is 14.4 Å². The Morgan fingerprint density at radius 2 is 0.720 bits per heavy atom. The molecule has 0 radical (unpaired) electrons. The van der Waals surface area contributed by atoms with Crippen LogP contribution in [0.3, 0.4) is 0 Å². The molecule has 82 heavy (non-hydrogen) atoms. The van der Waals surface area contributed by atoms with E-state index in [-0.39, 0.29) is 6.71 Å². The molecule has 0 aliphatic carbocycles. The summed E-state index contributed by atoms with van der Waals surface area (Å²) in [5.41, 5.74) is 26.0. The van der Waals surface area contributed by atoms with Crippen LogP contribution < -0.4 is 26.2 Å². The Labute approximate surface area is 477 Å². The second-order valence-corrected chi connectivity index (χ2v) is 21.3. The van der Waals surface area contributed by atoms with Crippen LogP contribution >= 0.6 is 0 Å². The monoisotopic (exact) mass is 1040 g/mol. The summed E-state index contributed by atoms with van der Waals surface area (Å²) in [5, 5.41) is 2.41. The molecule has 2 aliphatic heterocycles. The van der Waals surface area contributed by atoms with Crippen LogP contribution in [0.1, 0.15) is 0 Å². The number of nitrogens with zero attached hydrogens (tertiary/aromatic N) is 5. The Morgan fingerprint density at radius 1 is 0.268 bits per heavy atom. The fraction of sp³-hybridized carbons (Fsp3) is 0. The number of anilines is 6. The van der Waals surface area contributed by atoms with Gasteiger partial charge in [-0.3, -0.25) is 0 Å². The van der Waals surface area contributed by atoms with Gasteiger partial charge in [0.05, 0.1) is 28.1 Å². The van der Waals surface area contributed by atoms with Gasteiger partial charge in [0.25, 0.3) is 6.71 Å². The highest BCUT2D eigenvalue weighted by Crippen LogP contribution is 2.45. The summed E-state index contributed by atoms with van der Waals surface area (Å²) in [7, 11) is 0. The van der Waals surface area contributed by atoms with E-state index in [0.717, 1.165) is 78.4 Å². The molecule has 0 saturated heterocycles. The van der Waals surface area contributed by atoms with E-state index in [0.29, 0.717) is 5.82 Å². The lowest BCUT2D eigenvalue weighted by Gasteiger charge is -2.44. The maximum atomic E-state index is 5.30. The molecular formula is C76H50BN5. The van der Waals surface area contributed by atoms with Gasteiger partial charge in [0, 0.05) is 67.2 Å². The molecule has 12 aromatic carbocycles. The van der Waals surface area contributed by atoms with Gasteiger partial charge in [-0.1, -0.05) is 212 Å². The summed E-state index contributed by atoms with van der Waals surface area (Å²) >= 11 is 0. The molecule has 0 amide bonds. The summed E-state index contributed by atoms with van der Waals surface area (Å²) < 4.78 is 2.44. The normalized spacial score (nSPS) is 12.3. The predicted molar refractivity (Wildman–Crippen MR) is 343 cm³/mol. The van der Waals surface area contributed by atoms with Crippen molar-refractivity contribution in [2.75, 3.05) is 9.80 Å². The maximum Gasteiger partial charge on any atom is 0.252 e. The Kier molecular flexibility index (Phi) is 11.2. The van der Waals surface area contributed by atoms with Crippen molar-refractivity contribution < 1.29 is 0 Å². The maximum absolute atomic E-state index is 5.30. The summed E-state index contributed by atoms with van der Waals surface area (Å²) in [6.07, 6.45) is 0. The molecular weight excluding hydrogens is 994 g/mol. The first-order valence-corrected chi connectivity index (χ1v) is 28.1. The molecule has 0 saturated carbocycles. The molecule has 0 N–H and O–H groups in total. The van der Waals surface area contributed by atoms with Crippen molar-refractivity contribution in [2.24, 2.45) is 0 Å². The SMILES string of the molecule is c1ccc(-c2ccc3c(c2)c2ccccc2n3-c2ccc(-c3nc(-c4ccccc4)cc(-c4ccccc4)n3)cc2-c2ccc(-c3ccc(N4c5ccccc5B5c6ccccc6N(c6ccccc6)c6cccc4c65)cc3)cc2)cc1. The van der Waals surface area contributed by atoms with Crippen LogP contribution in [-0.4, -0.2) is 21.2 Å². The Balaban J connectivity index is 0.814. The summed E-state index contributed by atoms with van der Waals surface area (Å²) in [4.78, 5) is 15.5. The molecule has 14 aromatic rings. The van der Waals surface area contributed by atoms with Gasteiger partial charge in [-0.05, 0) is 135 Å². The van der Waals surface area contributed by atoms with E-state index in [1.807, 2.05) is 12.1 Å². The minimum Gasteiger partial charge on any atom is -0.311 e. The molecule has 0 spiro atoms. The lowest BCUT2D eigenvalue weighted by Crippen LogP contribution is -2.61. The summed E-state index contributed by atoms with van der Waals surface area (Å²) in [6, 6.07) is 110. The molecule has 4 heterocycles. The van der Waals surface area contributed by atoms with E-state index in [9.17, 15) is 0 Å². The highest BCUT2D eigenvalue weighted by molar-refractivity contribution is 7.00. The van der Waals surface area contributed by atoms with Crippen molar-refractivity contribution in [2.45, 2.75) is 0 Å². The van der Waals surface area contributed by atoms with Gasteiger partial charge >= 0.3 is 0 Å². The minimum atomic E-state index is 0.0926. The van der Waals surface area contributed by atoms with Crippen LogP contribution in [0.25, 0.3) is 94.8 Å². The molecule has 0 atom stereocenters. The molecule has 0 bridgehead atoms. The van der Waals surface area contributed by atoms with E-state index in [2.05, 4.69) is 306 Å². The van der Waals surface area contributed by atoms with Gasteiger partial charge in [0.15, 0.2) is 5.82 Å². The first-order chi connectivity index (χ1) is 40.7. The quantitative estimate of drug-likeness (QED) is 0.135. The first kappa shape index (κ1) is 47.2. The Bertz CT molecular complexity index is 4680. The van der Waals surface area contributed by atoms with E-state index < -0.39 is 0 Å². The average Bonchev–Trinajstić information content (AvgIpc) is 3.76. The fourth-order valence-corrected chi connectivity index (χ4v) is 12.8. The smallest absolute Gasteiger partial charge is 0.252 e. The molecule has 0 unspecified atom stereocenters. The number of fused-ring (bicyclic) bond motifs is 7. The first-order valence-electron chi connectivity index (χ1n) is 28.1. The van der Waals surface area contributed by atoms with Gasteiger partial charge in [0.2, 0.25) is 0 Å². The number of hydrogen-bond acceptors (Lipinski definition) is 4. The molecule has 382 valence electrons. The highest BCUT2D eigenvalue weighted by atomic mass is 15.2. The van der Waals surface area contributed by atoms with Crippen molar-refractivity contribution in [3.05, 3.63) is 303 Å². The lowest BCUT2D eigenvalue weighted by molar-refractivity contribution is 1.16. The van der Waals surface area contributed by atoms with Crippen LogP contribution in [0, 0.1) is 0 Å². The molecule has 6 heteroatoms. The van der Waals surface area contributed by atoms with Gasteiger partial charge in [0.1, 0.15) is 0 Å². The van der Waals surface area contributed by atoms with E-state index in [1.165, 1.54) is 61.0 Å². The molecule has 5 nitrogen and oxygen atoms in total. The van der Waals surface area contributed by atoms with Crippen LogP contribution in [0.4, 0.5) is 34.1 Å². The lowest BCUT2D eigenvalue weighted by atomic mass is 9.33. The fourth-order valence-electron chi connectivity index (χ4n) is 12.8. The average molecular weight is 1040 g/mol. The zero-order valence-electron chi connectivity index (χ0n) is 44.7. The number of benzene rings is 12. The summed E-state index contributed by atoms with van der Waals surface area (Å²) in [5.74, 6) is 0.667. The number of hydrogen-bond donors (Lipinski definition) is 0. The zero-order valence-corrected chi connectivity index (χ0v) is 44.7. The Hall–Kier alpha value is -10.8. The number of rotatable bonds is 9. The molecule has 16 rings (SSSR count). The third kappa shape index (κ3) is 7.87. The predicted octanol–water partition coefficient (Wildman–Crippen LogP) is 17.7. The van der Waals surface area contributed by atoms with Crippen molar-refractivity contribution in [3.8, 4) is 73.0 Å². The third-order valence-corrected chi connectivity index (χ3v) is 16.6. The molecule has 2 aliphatic rings. The van der Waals surface area contributed by atoms with E-state index in [1.54, 1.807) is 0 Å². The number of aromatic nitrogens is 3. The van der Waals surface area contributed by atoms with Crippen LogP contribution in [0.15, 0.2) is 303 Å². The second-order valence-electron chi connectivity index (χ2n) is 21.3. The van der Waals surface area contributed by atoms with Crippen LogP contribution in [0.2, 0.25) is 0 Å². The van der Waals surface area contributed by atoms with Crippen molar-refractivity contribution in [1.29, 1.82) is 0 Å². The van der Waals surface area contributed by atoms with Gasteiger partial charge in [-0.2, -0.15) is 0 Å². The van der Waals surface area contributed by atoms with Crippen LogP contribution in [0.5, 0.6) is 0 Å². The Morgan fingerprint density at radius 3 is 1.34 bits per heavy atom. The van der Waals surface area contributed by atoms with Crippen molar-refractivity contribution in [1.82, 2.24) is 14.5 Å². The summed E-state index contributed by atoms with van der Waals surface area (Å²) in [6.45, 7) is 0.0926. The second kappa shape index (κ2) is 19.5. The molecule has 0 fully saturated rings. The van der Waals surface area contributed by atoms with Crippen molar-refractivity contribution >= 4 is 79.0 Å². The standard InChI is InChI=1S/C76H50BN5/c1-5-20-51(21-6-1)57-42-46-70-63(48-57)61-28-13-16-31-68(61)82(70)69-47-43-58(76-78-66(55-22-7-2-8-23-55)50-67(79-76)56-24-9-3-10-25-56)49-62(69)54-38-36-52(37-39-54)53-40-44-60(45-41-53)81-72-33-18-15-30-65(72)77-64-29-14-17-32-71(64)80(59-26-11-4-12-27-59)73-34-19-35-74(81)75(73)77/h1-50H. The third-order valence-electron chi connectivity index (χ3n) is 16.6. The van der Waals surface area contributed by atoms with E-state index in [4.69, 9.17) is 9.97 Å². The largest absolute Gasteiger partial charge is 0.311 e. The van der Waals surface area contributed by atoms with E-state index >= 15 is 0 Å². The van der Waals surface area contributed by atoms with Gasteiger partial charge in [-0.25, -0.2) is 9.97 Å². The van der Waals surface area contributed by atoms with Gasteiger partial charge in [-0.15, -0.1) is 0 Å². The highest BCUT2D eigenvalue weighted by Gasteiger charge is 2.42. The van der Waals surface area contributed by atoms with Crippen LogP contribution in [-0.2, 0) is 0 Å². The molecule has 2 aromatic heterocycles. The number of para-hydroxylation sites is 4. The minimum absolute atomic E-state index is 0.0926.